The van der Waals surface area contributed by atoms with Gasteiger partial charge < -0.3 is 29.4 Å². The topological polar surface area (TPSA) is 121 Å². The molecule has 2 N–H and O–H groups in total. The molecule has 2 amide bonds. The zero-order valence-electron chi connectivity index (χ0n) is 21.4. The fraction of sp³-hybridized carbons (Fsp3) is 0.500. The third-order valence-corrected chi connectivity index (χ3v) is 6.57. The fourth-order valence-corrected chi connectivity index (χ4v) is 3.60. The molecule has 2 heterocycles. The molecule has 3 rings (SSSR count). The van der Waals surface area contributed by atoms with Crippen molar-refractivity contribution < 1.29 is 32.8 Å². The van der Waals surface area contributed by atoms with Gasteiger partial charge in [0.25, 0.3) is 5.91 Å². The Balaban J connectivity index is 1.72. The van der Waals surface area contributed by atoms with Crippen LogP contribution in [0.4, 0.5) is 4.39 Å². The highest BCUT2D eigenvalue weighted by Crippen LogP contribution is 2.38. The lowest BCUT2D eigenvalue weighted by Crippen LogP contribution is -2.56. The average Bonchev–Trinajstić information content (AvgIpc) is 3.07. The molecule has 0 aliphatic carbocycles. The van der Waals surface area contributed by atoms with E-state index < -0.39 is 47.9 Å². The lowest BCUT2D eigenvalue weighted by Gasteiger charge is -2.32. The van der Waals surface area contributed by atoms with Crippen LogP contribution >= 0.6 is 11.6 Å². The van der Waals surface area contributed by atoms with Crippen molar-refractivity contribution >= 4 is 30.5 Å². The molecule has 1 aromatic heterocycles. The van der Waals surface area contributed by atoms with Crippen LogP contribution in [-0.2, 0) is 18.8 Å². The fourth-order valence-electron chi connectivity index (χ4n) is 3.48. The van der Waals surface area contributed by atoms with Crippen molar-refractivity contribution in [1.82, 2.24) is 20.6 Å². The van der Waals surface area contributed by atoms with E-state index in [-0.39, 0.29) is 36.1 Å². The van der Waals surface area contributed by atoms with Crippen LogP contribution in [0.25, 0.3) is 0 Å². The van der Waals surface area contributed by atoms with Gasteiger partial charge in [-0.05, 0) is 39.8 Å². The molecule has 1 saturated heterocycles. The van der Waals surface area contributed by atoms with Gasteiger partial charge in [-0.1, -0.05) is 11.6 Å². The van der Waals surface area contributed by atoms with Crippen LogP contribution in [0.5, 0.6) is 5.75 Å². The van der Waals surface area contributed by atoms with Crippen LogP contribution in [-0.4, -0.2) is 72.4 Å². The maximum Gasteiger partial charge on any atom is 0.481 e. The summed E-state index contributed by atoms with van der Waals surface area (Å²) in [6, 6.07) is 3.09. The molecule has 10 nitrogen and oxygen atoms in total. The van der Waals surface area contributed by atoms with E-state index in [1.54, 1.807) is 6.07 Å². The van der Waals surface area contributed by atoms with E-state index in [2.05, 4.69) is 20.6 Å². The number of methoxy groups -OCH3 is 1. The van der Waals surface area contributed by atoms with Crippen LogP contribution in [0.2, 0.25) is 5.02 Å². The minimum absolute atomic E-state index is 0.0116. The summed E-state index contributed by atoms with van der Waals surface area (Å²) in [6.07, 6.45) is 4.36. The second-order valence-electron chi connectivity index (χ2n) is 9.52. The van der Waals surface area contributed by atoms with Gasteiger partial charge in [0.15, 0.2) is 0 Å². The van der Waals surface area contributed by atoms with Crippen LogP contribution in [0.15, 0.2) is 36.8 Å². The summed E-state index contributed by atoms with van der Waals surface area (Å²) >= 11 is 5.73. The number of hydrogen-bond acceptors (Lipinski definition) is 8. The number of carbonyl (C=O) groups is 2. The zero-order valence-corrected chi connectivity index (χ0v) is 22.2. The second-order valence-corrected chi connectivity index (χ2v) is 9.93. The molecule has 0 bridgehead atoms. The number of ether oxygens (including phenoxy) is 2. The van der Waals surface area contributed by atoms with E-state index in [1.165, 1.54) is 37.8 Å². The Bertz CT molecular complexity index is 1080. The molecule has 1 unspecified atom stereocenters. The molecule has 2 atom stereocenters. The van der Waals surface area contributed by atoms with Crippen molar-refractivity contribution in [3.8, 4) is 5.75 Å². The smallest absolute Gasteiger partial charge is 0.481 e. The number of rotatable bonds is 11. The monoisotopic (exact) mass is 536 g/mol. The first-order chi connectivity index (χ1) is 17.4. The highest BCUT2D eigenvalue weighted by Gasteiger charge is 2.54. The molecule has 1 fully saturated rings. The molecule has 2 aromatic rings. The van der Waals surface area contributed by atoms with Crippen molar-refractivity contribution in [2.45, 2.75) is 57.3 Å². The van der Waals surface area contributed by atoms with Crippen molar-refractivity contribution in [2.75, 3.05) is 20.3 Å². The Kier molecular flexibility index (Phi) is 9.46. The molecule has 37 heavy (non-hydrogen) atoms. The predicted octanol–water partition coefficient (Wildman–Crippen LogP) is 2.60. The number of nitrogens with one attached hydrogen (secondary N) is 2. The van der Waals surface area contributed by atoms with Crippen LogP contribution in [0.1, 0.15) is 44.6 Å². The molecular formula is C24H31BClFN4O6. The summed E-state index contributed by atoms with van der Waals surface area (Å²) in [5.41, 5.74) is -1.23. The number of amides is 2. The highest BCUT2D eigenvalue weighted by atomic mass is 35.5. The Morgan fingerprint density at radius 1 is 1.16 bits per heavy atom. The van der Waals surface area contributed by atoms with E-state index in [4.69, 9.17) is 30.4 Å². The summed E-state index contributed by atoms with van der Waals surface area (Å²) < 4.78 is 36.9. The lowest BCUT2D eigenvalue weighted by atomic mass is 9.76. The lowest BCUT2D eigenvalue weighted by molar-refractivity contribution is -0.124. The van der Waals surface area contributed by atoms with Gasteiger partial charge in [0, 0.05) is 32.0 Å². The van der Waals surface area contributed by atoms with E-state index in [0.29, 0.717) is 0 Å². The van der Waals surface area contributed by atoms with Crippen molar-refractivity contribution in [2.24, 2.45) is 0 Å². The minimum Gasteiger partial charge on any atom is -0.493 e. The molecule has 1 aromatic carbocycles. The van der Waals surface area contributed by atoms with Crippen LogP contribution < -0.4 is 15.4 Å². The third-order valence-electron chi connectivity index (χ3n) is 6.27. The summed E-state index contributed by atoms with van der Waals surface area (Å²) in [5, 5.41) is 5.49. The molecule has 13 heteroatoms. The Labute approximate surface area is 220 Å². The van der Waals surface area contributed by atoms with Crippen molar-refractivity contribution in [3.05, 3.63) is 53.3 Å². The van der Waals surface area contributed by atoms with Crippen LogP contribution in [0, 0.1) is 5.82 Å². The van der Waals surface area contributed by atoms with Crippen LogP contribution in [0.3, 0.4) is 0 Å². The Morgan fingerprint density at radius 3 is 2.46 bits per heavy atom. The first kappa shape index (κ1) is 28.8. The number of nitrogens with zero attached hydrogens (tertiary/aromatic N) is 2. The van der Waals surface area contributed by atoms with Gasteiger partial charge >= 0.3 is 7.12 Å². The van der Waals surface area contributed by atoms with E-state index in [9.17, 15) is 14.0 Å². The second kappa shape index (κ2) is 12.2. The maximum atomic E-state index is 13.8. The molecule has 0 spiro atoms. The summed E-state index contributed by atoms with van der Waals surface area (Å²) in [5.74, 6) is -2.08. The van der Waals surface area contributed by atoms with E-state index in [1.807, 2.05) is 27.7 Å². The average molecular weight is 537 g/mol. The van der Waals surface area contributed by atoms with Gasteiger partial charge in [0.2, 0.25) is 5.91 Å². The van der Waals surface area contributed by atoms with Gasteiger partial charge in [-0.2, -0.15) is 0 Å². The number of halogens is 2. The van der Waals surface area contributed by atoms with Crippen molar-refractivity contribution in [1.29, 1.82) is 0 Å². The van der Waals surface area contributed by atoms with Gasteiger partial charge in [-0.25, -0.2) is 9.37 Å². The van der Waals surface area contributed by atoms with Gasteiger partial charge in [-0.3, -0.25) is 14.6 Å². The van der Waals surface area contributed by atoms with E-state index in [0.717, 1.165) is 0 Å². The largest absolute Gasteiger partial charge is 0.493 e. The molecule has 200 valence electrons. The van der Waals surface area contributed by atoms with Gasteiger partial charge in [0.1, 0.15) is 23.3 Å². The predicted molar refractivity (Wildman–Crippen MR) is 135 cm³/mol. The summed E-state index contributed by atoms with van der Waals surface area (Å²) in [4.78, 5) is 33.6. The first-order valence-corrected chi connectivity index (χ1v) is 12.1. The first-order valence-electron chi connectivity index (χ1n) is 11.7. The SMILES string of the molecule is COCC(NC(=O)c1cnccn1)C(=O)N[C@@H](CCOc1ccc(Cl)c(F)c1)B1OC(C)(C)C(C)(C)O1. The minimum atomic E-state index is -1.03. The zero-order chi connectivity index (χ0) is 27.2. The van der Waals surface area contributed by atoms with E-state index >= 15 is 0 Å². The summed E-state index contributed by atoms with van der Waals surface area (Å²) in [7, 11) is 0.609. The number of hydrogen-bond donors (Lipinski definition) is 2. The number of benzene rings is 1. The summed E-state index contributed by atoms with van der Waals surface area (Å²) in [6.45, 7) is 7.61. The molecular weight excluding hydrogens is 506 g/mol. The number of aromatic nitrogens is 2. The quantitative estimate of drug-likeness (QED) is 0.421. The molecule has 0 radical (unpaired) electrons. The number of carbonyl (C=O) groups excluding carboxylic acids is 2. The standard InChI is InChI=1S/C24H31BClFN4O6/c1-23(2)24(3,4)37-25(36-23)20(8-11-35-15-6-7-16(26)17(27)12-15)31-22(33)19(14-34-5)30-21(32)18-13-28-9-10-29-18/h6-7,9-10,12-13,19-20H,8,11,14H2,1-5H3,(H,30,32)(H,31,33)/t19?,20-/m0/s1. The van der Waals surface area contributed by atoms with Gasteiger partial charge in [-0.15, -0.1) is 0 Å². The highest BCUT2D eigenvalue weighted by molar-refractivity contribution is 6.48. The third kappa shape index (κ3) is 7.38. The Morgan fingerprint density at radius 2 is 1.86 bits per heavy atom. The molecule has 1 aliphatic heterocycles. The Hall–Kier alpha value is -2.80. The molecule has 1 aliphatic rings. The maximum absolute atomic E-state index is 13.8. The molecule has 0 saturated carbocycles. The van der Waals surface area contributed by atoms with Gasteiger partial charge in [0.05, 0.1) is 41.6 Å². The normalized spacial score (nSPS) is 17.6. The van der Waals surface area contributed by atoms with Crippen molar-refractivity contribution in [3.63, 3.8) is 0 Å².